The van der Waals surface area contributed by atoms with Crippen molar-refractivity contribution in [1.82, 2.24) is 4.90 Å². The van der Waals surface area contributed by atoms with E-state index in [9.17, 15) is 0 Å². The van der Waals surface area contributed by atoms with E-state index in [0.717, 1.165) is 19.6 Å². The highest BCUT2D eigenvalue weighted by atomic mass is 16.5. The Labute approximate surface area is 117 Å². The molecule has 0 aliphatic rings. The van der Waals surface area contributed by atoms with Gasteiger partial charge in [0.25, 0.3) is 0 Å². The van der Waals surface area contributed by atoms with Crippen LogP contribution in [0.2, 0.25) is 0 Å². The Morgan fingerprint density at radius 3 is 2.37 bits per heavy atom. The van der Waals surface area contributed by atoms with Crippen LogP contribution in [-0.2, 0) is 17.9 Å². The van der Waals surface area contributed by atoms with Crippen molar-refractivity contribution in [1.29, 1.82) is 0 Å². The van der Waals surface area contributed by atoms with Gasteiger partial charge in [-0.05, 0) is 29.6 Å². The Balaban J connectivity index is 2.75. The number of rotatable bonds is 8. The van der Waals surface area contributed by atoms with Gasteiger partial charge in [0, 0.05) is 20.2 Å². The van der Waals surface area contributed by atoms with Crippen LogP contribution in [0.15, 0.2) is 24.3 Å². The summed E-state index contributed by atoms with van der Waals surface area (Å²) in [5.41, 5.74) is 8.61. The van der Waals surface area contributed by atoms with E-state index in [0.29, 0.717) is 13.2 Å². The van der Waals surface area contributed by atoms with Gasteiger partial charge in [0.15, 0.2) is 0 Å². The maximum Gasteiger partial charge on any atom is 0.0716 e. The SMILES string of the molecule is CCN(Cc1ccccc1COC)CC(C)(C)CN. The van der Waals surface area contributed by atoms with Crippen LogP contribution in [-0.4, -0.2) is 31.6 Å². The lowest BCUT2D eigenvalue weighted by Gasteiger charge is -2.31. The van der Waals surface area contributed by atoms with Crippen LogP contribution >= 0.6 is 0 Å². The molecule has 2 N–H and O–H groups in total. The fraction of sp³-hybridized carbons (Fsp3) is 0.625. The van der Waals surface area contributed by atoms with Crippen molar-refractivity contribution in [2.24, 2.45) is 11.1 Å². The lowest BCUT2D eigenvalue weighted by molar-refractivity contribution is 0.172. The van der Waals surface area contributed by atoms with E-state index >= 15 is 0 Å². The van der Waals surface area contributed by atoms with Crippen molar-refractivity contribution >= 4 is 0 Å². The number of nitrogens with two attached hydrogens (primary N) is 1. The molecule has 108 valence electrons. The maximum absolute atomic E-state index is 5.83. The van der Waals surface area contributed by atoms with E-state index in [2.05, 4.69) is 49.9 Å². The molecule has 1 rings (SSSR count). The Hall–Kier alpha value is -0.900. The summed E-state index contributed by atoms with van der Waals surface area (Å²) in [7, 11) is 1.74. The maximum atomic E-state index is 5.83. The van der Waals surface area contributed by atoms with Gasteiger partial charge in [-0.2, -0.15) is 0 Å². The molecule has 0 atom stereocenters. The van der Waals surface area contributed by atoms with Crippen molar-refractivity contribution in [2.45, 2.75) is 33.9 Å². The van der Waals surface area contributed by atoms with Gasteiger partial charge in [0.05, 0.1) is 6.61 Å². The molecule has 0 fully saturated rings. The second kappa shape index (κ2) is 7.63. The van der Waals surface area contributed by atoms with E-state index in [1.165, 1.54) is 11.1 Å². The van der Waals surface area contributed by atoms with Gasteiger partial charge in [0.2, 0.25) is 0 Å². The molecule has 3 nitrogen and oxygen atoms in total. The average molecular weight is 264 g/mol. The minimum absolute atomic E-state index is 0.159. The molecule has 1 aromatic carbocycles. The molecule has 0 aromatic heterocycles. The van der Waals surface area contributed by atoms with E-state index < -0.39 is 0 Å². The van der Waals surface area contributed by atoms with Crippen molar-refractivity contribution in [2.75, 3.05) is 26.7 Å². The molecular formula is C16H28N2O. The first-order valence-electron chi connectivity index (χ1n) is 7.00. The highest BCUT2D eigenvalue weighted by molar-refractivity contribution is 5.26. The van der Waals surface area contributed by atoms with Crippen LogP contribution < -0.4 is 5.73 Å². The summed E-state index contributed by atoms with van der Waals surface area (Å²) >= 11 is 0. The predicted octanol–water partition coefficient (Wildman–Crippen LogP) is 2.64. The molecule has 0 heterocycles. The molecule has 0 saturated heterocycles. The summed E-state index contributed by atoms with van der Waals surface area (Å²) in [5.74, 6) is 0. The lowest BCUT2D eigenvalue weighted by atomic mass is 9.92. The number of hydrogen-bond donors (Lipinski definition) is 1. The van der Waals surface area contributed by atoms with Gasteiger partial charge in [-0.15, -0.1) is 0 Å². The number of ether oxygens (including phenoxy) is 1. The summed E-state index contributed by atoms with van der Waals surface area (Å²) in [6, 6.07) is 8.49. The number of benzene rings is 1. The van der Waals surface area contributed by atoms with E-state index in [4.69, 9.17) is 10.5 Å². The van der Waals surface area contributed by atoms with Gasteiger partial charge in [-0.3, -0.25) is 4.90 Å². The Kier molecular flexibility index (Phi) is 6.49. The molecule has 1 aromatic rings. The zero-order valence-corrected chi connectivity index (χ0v) is 12.8. The summed E-state index contributed by atoms with van der Waals surface area (Å²) < 4.78 is 5.27. The van der Waals surface area contributed by atoms with Crippen LogP contribution in [0.4, 0.5) is 0 Å². The Morgan fingerprint density at radius 1 is 1.21 bits per heavy atom. The van der Waals surface area contributed by atoms with E-state index in [-0.39, 0.29) is 5.41 Å². The van der Waals surface area contributed by atoms with Crippen LogP contribution in [0.25, 0.3) is 0 Å². The molecule has 0 radical (unpaired) electrons. The van der Waals surface area contributed by atoms with E-state index in [1.54, 1.807) is 7.11 Å². The number of nitrogens with zero attached hydrogens (tertiary/aromatic N) is 1. The minimum Gasteiger partial charge on any atom is -0.380 e. The van der Waals surface area contributed by atoms with Crippen LogP contribution in [0.1, 0.15) is 31.9 Å². The zero-order chi connectivity index (χ0) is 14.3. The zero-order valence-electron chi connectivity index (χ0n) is 12.8. The highest BCUT2D eigenvalue weighted by Gasteiger charge is 2.19. The molecule has 0 bridgehead atoms. The van der Waals surface area contributed by atoms with Crippen molar-refractivity contribution in [3.05, 3.63) is 35.4 Å². The monoisotopic (exact) mass is 264 g/mol. The number of hydrogen-bond acceptors (Lipinski definition) is 3. The van der Waals surface area contributed by atoms with Crippen molar-refractivity contribution in [3.63, 3.8) is 0 Å². The minimum atomic E-state index is 0.159. The molecule has 0 amide bonds. The highest BCUT2D eigenvalue weighted by Crippen LogP contribution is 2.18. The predicted molar refractivity (Wildman–Crippen MR) is 80.9 cm³/mol. The second-order valence-electron chi connectivity index (χ2n) is 5.87. The third-order valence-electron chi connectivity index (χ3n) is 3.46. The van der Waals surface area contributed by atoms with Crippen molar-refractivity contribution < 1.29 is 4.74 Å². The van der Waals surface area contributed by atoms with Gasteiger partial charge in [0.1, 0.15) is 0 Å². The molecule has 0 aliphatic heterocycles. The van der Waals surface area contributed by atoms with Gasteiger partial charge >= 0.3 is 0 Å². The van der Waals surface area contributed by atoms with Crippen LogP contribution in [0.3, 0.4) is 0 Å². The second-order valence-corrected chi connectivity index (χ2v) is 5.87. The number of methoxy groups -OCH3 is 1. The fourth-order valence-electron chi connectivity index (χ4n) is 2.20. The quantitative estimate of drug-likeness (QED) is 0.784. The average Bonchev–Trinajstić information content (AvgIpc) is 2.40. The molecule has 0 spiro atoms. The first-order chi connectivity index (χ1) is 9.02. The van der Waals surface area contributed by atoms with Crippen LogP contribution in [0.5, 0.6) is 0 Å². The van der Waals surface area contributed by atoms with E-state index in [1.807, 2.05) is 0 Å². The third kappa shape index (κ3) is 5.31. The standard InChI is InChI=1S/C16H28N2O/c1-5-18(13-16(2,3)12-17)10-14-8-6-7-9-15(14)11-19-4/h6-9H,5,10-13,17H2,1-4H3. The summed E-state index contributed by atoms with van der Waals surface area (Å²) in [4.78, 5) is 2.45. The Bertz CT molecular complexity index is 377. The summed E-state index contributed by atoms with van der Waals surface area (Å²) in [5, 5.41) is 0. The molecular weight excluding hydrogens is 236 g/mol. The normalized spacial score (nSPS) is 12.1. The first kappa shape index (κ1) is 16.2. The third-order valence-corrected chi connectivity index (χ3v) is 3.46. The molecule has 3 heteroatoms. The fourth-order valence-corrected chi connectivity index (χ4v) is 2.20. The summed E-state index contributed by atoms with van der Waals surface area (Å²) in [6.45, 7) is 11.0. The van der Waals surface area contributed by atoms with Gasteiger partial charge in [-0.25, -0.2) is 0 Å². The first-order valence-corrected chi connectivity index (χ1v) is 7.00. The molecule has 0 aliphatic carbocycles. The topological polar surface area (TPSA) is 38.5 Å². The van der Waals surface area contributed by atoms with Crippen molar-refractivity contribution in [3.8, 4) is 0 Å². The molecule has 0 unspecified atom stereocenters. The lowest BCUT2D eigenvalue weighted by Crippen LogP contribution is -2.38. The summed E-state index contributed by atoms with van der Waals surface area (Å²) in [6.07, 6.45) is 0. The smallest absolute Gasteiger partial charge is 0.0716 e. The Morgan fingerprint density at radius 2 is 1.84 bits per heavy atom. The van der Waals surface area contributed by atoms with Gasteiger partial charge in [-0.1, -0.05) is 45.0 Å². The van der Waals surface area contributed by atoms with Crippen LogP contribution in [0, 0.1) is 5.41 Å². The largest absolute Gasteiger partial charge is 0.380 e. The molecule has 0 saturated carbocycles. The van der Waals surface area contributed by atoms with Gasteiger partial charge < -0.3 is 10.5 Å². The molecule has 19 heavy (non-hydrogen) atoms.